The van der Waals surface area contributed by atoms with E-state index in [1.807, 2.05) is 109 Å². The highest BCUT2D eigenvalue weighted by molar-refractivity contribution is 7.41. The lowest BCUT2D eigenvalue weighted by atomic mass is 9.79. The van der Waals surface area contributed by atoms with Gasteiger partial charge in [0.1, 0.15) is 71.3 Å². The molecule has 2 aliphatic heterocycles. The van der Waals surface area contributed by atoms with Crippen molar-refractivity contribution in [3.63, 3.8) is 0 Å². The number of benzene rings is 8. The number of carbonyl (C=O) groups excluding carboxylic acids is 2. The van der Waals surface area contributed by atoms with E-state index in [9.17, 15) is 14.9 Å². The molecule has 4 aromatic heterocycles. The van der Waals surface area contributed by atoms with Crippen molar-refractivity contribution >= 4 is 54.4 Å². The zero-order valence-electron chi connectivity index (χ0n) is 57.6. The third-order valence-electron chi connectivity index (χ3n) is 18.4. The highest BCUT2D eigenvalue weighted by atomic mass is 31.2. The van der Waals surface area contributed by atoms with Crippen molar-refractivity contribution in [2.45, 2.75) is 66.8 Å². The third kappa shape index (κ3) is 14.5. The van der Waals surface area contributed by atoms with Gasteiger partial charge in [-0.2, -0.15) is 5.26 Å². The first kappa shape index (κ1) is 71.5. The Kier molecular flexibility index (Phi) is 21.8. The van der Waals surface area contributed by atoms with Gasteiger partial charge in [-0.1, -0.05) is 146 Å². The van der Waals surface area contributed by atoms with Crippen LogP contribution in [0.5, 0.6) is 23.0 Å². The molecule has 2 N–H and O–H groups in total. The summed E-state index contributed by atoms with van der Waals surface area (Å²) in [7, 11) is 3.39. The second-order valence-corrected chi connectivity index (χ2v) is 25.7. The molecule has 12 aromatic rings. The van der Waals surface area contributed by atoms with E-state index in [0.29, 0.717) is 67.5 Å². The second kappa shape index (κ2) is 32.3. The summed E-state index contributed by atoms with van der Waals surface area (Å²) in [6.45, 7) is -1.30. The highest BCUT2D eigenvalue weighted by Gasteiger charge is 2.55. The number of nitriles is 1. The molecule has 2 saturated heterocycles. The smallest absolute Gasteiger partial charge is 0.333 e. The molecule has 1 unspecified atom stereocenters. The van der Waals surface area contributed by atoms with Crippen LogP contribution in [0, 0.1) is 11.3 Å². The number of carbonyl (C=O) groups is 2. The first-order valence-electron chi connectivity index (χ1n) is 33.7. The van der Waals surface area contributed by atoms with Gasteiger partial charge in [-0.05, 0) is 106 Å². The van der Waals surface area contributed by atoms with E-state index in [1.54, 1.807) is 138 Å². The molecular weight excluding hydrogens is 1380 g/mol. The summed E-state index contributed by atoms with van der Waals surface area (Å²) in [6, 6.07) is 67.0. The number of nitrogens with zero attached hydrogens (tertiary/aromatic N) is 9. The number of methoxy groups -OCH3 is 4. The Morgan fingerprint density at radius 3 is 1.33 bits per heavy atom. The number of hydrogen-bond donors (Lipinski definition) is 2. The highest BCUT2D eigenvalue weighted by Crippen LogP contribution is 2.52. The summed E-state index contributed by atoms with van der Waals surface area (Å²) in [5.74, 6) is 1.37. The van der Waals surface area contributed by atoms with Gasteiger partial charge in [0.2, 0.25) is 0 Å². The summed E-state index contributed by atoms with van der Waals surface area (Å²) in [5.41, 5.74) is 1.72. The Balaban J connectivity index is 0.855. The van der Waals surface area contributed by atoms with Crippen LogP contribution in [0.25, 0.3) is 22.3 Å². The quantitative estimate of drug-likeness (QED) is 0.0250. The lowest BCUT2D eigenvalue weighted by Crippen LogP contribution is -2.44. The van der Waals surface area contributed by atoms with Crippen molar-refractivity contribution in [1.29, 1.82) is 5.26 Å². The molecule has 2 amide bonds. The molecule has 0 saturated carbocycles. The van der Waals surface area contributed by atoms with E-state index in [2.05, 4.69) is 46.6 Å². The molecule has 0 radical (unpaired) electrons. The maximum atomic E-state index is 19.0. The first-order valence-corrected chi connectivity index (χ1v) is 34.8. The van der Waals surface area contributed by atoms with Crippen LogP contribution < -0.4 is 29.6 Å². The van der Waals surface area contributed by atoms with Crippen molar-refractivity contribution in [3.05, 3.63) is 288 Å². The lowest BCUT2D eigenvalue weighted by Gasteiger charge is -2.39. The fourth-order valence-corrected chi connectivity index (χ4v) is 14.3. The number of hydrogen-bond acceptors (Lipinski definition) is 20. The van der Waals surface area contributed by atoms with E-state index < -0.39 is 94.0 Å². The van der Waals surface area contributed by atoms with E-state index in [0.717, 1.165) is 0 Å². The molecule has 0 spiro atoms. The number of fused-ring (bicyclic) bond motifs is 2. The fraction of sp³-hybridized carbons (Fsp3) is 0.228. The first-order chi connectivity index (χ1) is 51.9. The average Bonchev–Trinajstić information content (AvgIpc) is 1.41. The normalized spacial score (nSPS) is 19.0. The molecular formula is C79H70F2N11O13P. The van der Waals surface area contributed by atoms with Crippen molar-refractivity contribution < 1.29 is 69.8 Å². The number of amides is 2. The van der Waals surface area contributed by atoms with E-state index in [-0.39, 0.29) is 47.0 Å². The van der Waals surface area contributed by atoms with E-state index in [1.165, 1.54) is 34.4 Å². The molecule has 9 atom stereocenters. The SMILES string of the molecule is COc1ccc(C(OC[C@H]2O[C@@H](n3cnc4c(NC(=O)c5ccccc5)ncnc43)[C@H](OP(OCCC#N)OC[C@H]3O[C@@H](n4cnc5c(NC(=O)c6ccccc6)ncnc54)[C@H](F)[C@@H]3OC(c3ccccc3)(c3ccc(OC)cc3)c3ccc(OC)cc3)[C@@H]2F)(c2ccccc2)c2ccc(OC)cc2)cc1. The average molecular weight is 1450 g/mol. The topological polar surface area (TPSA) is 271 Å². The predicted octanol–water partition coefficient (Wildman–Crippen LogP) is 13.6. The van der Waals surface area contributed by atoms with Gasteiger partial charge in [-0.3, -0.25) is 18.7 Å². The summed E-state index contributed by atoms with van der Waals surface area (Å²) >= 11 is 0. The Hall–Kier alpha value is -11.5. The molecule has 2 aliphatic rings. The zero-order valence-corrected chi connectivity index (χ0v) is 58.5. The monoisotopic (exact) mass is 1450 g/mol. The zero-order chi connectivity index (χ0) is 73.2. The van der Waals surface area contributed by atoms with Crippen LogP contribution in [0.3, 0.4) is 0 Å². The van der Waals surface area contributed by atoms with E-state index >= 15 is 8.78 Å². The van der Waals surface area contributed by atoms with E-state index in [4.69, 9.17) is 51.5 Å². The standard InChI is InChI=1S/C79H70F2N11O13P/c1-95-58-34-26-54(27-35-58)78(52-22-13-7-14-23-52,55-28-36-59(96-2)37-29-55)99-44-62-64(80)69(77(102-62)92-49-88-67-71(84-47-86-73(67)92)90-75(94)51-20-11-6-12-21-51)105-106(100-43-17-42-82)101-45-63-68(65(81)76(103-63)91-48-87-66-70(83-46-85-72(66)91)89-74(93)50-18-9-5-10-19-50)104-79(53-24-15-8-16-25-53,56-30-38-60(97-3)39-31-56)57-32-40-61(98-4)41-33-57/h5-16,18-41,46-49,62-65,68-69,76-77H,17,43-45H2,1-4H3,(H,83,85,89,93)(H,84,86,90,94)/t62-,63-,64-,65-,68-,69-,76-,77-,106?/m1/s1. The molecule has 14 rings (SSSR count). The summed E-state index contributed by atoms with van der Waals surface area (Å²) in [4.78, 5) is 54.5. The molecule has 0 aliphatic carbocycles. The van der Waals surface area contributed by atoms with Crippen LogP contribution in [0.2, 0.25) is 0 Å². The van der Waals surface area contributed by atoms with Gasteiger partial charge in [-0.25, -0.2) is 38.7 Å². The number of alkyl halides is 2. The number of rotatable bonds is 29. The number of aromatic nitrogens is 8. The number of nitrogens with one attached hydrogen (secondary N) is 2. The van der Waals surface area contributed by atoms with Crippen LogP contribution >= 0.6 is 8.60 Å². The van der Waals surface area contributed by atoms with Gasteiger partial charge in [0.15, 0.2) is 58.8 Å². The third-order valence-corrected chi connectivity index (χ3v) is 19.6. The minimum Gasteiger partial charge on any atom is -0.497 e. The number of halogens is 2. The molecule has 6 heterocycles. The maximum absolute atomic E-state index is 19.0. The van der Waals surface area contributed by atoms with Gasteiger partial charge in [0.05, 0.1) is 73.4 Å². The van der Waals surface area contributed by atoms with Gasteiger partial charge in [-0.15, -0.1) is 0 Å². The van der Waals surface area contributed by atoms with Gasteiger partial charge in [0.25, 0.3) is 11.8 Å². The predicted molar refractivity (Wildman–Crippen MR) is 386 cm³/mol. The molecule has 0 bridgehead atoms. The Morgan fingerprint density at radius 1 is 0.481 bits per heavy atom. The molecule has 27 heteroatoms. The minimum atomic E-state index is -2.84. The Morgan fingerprint density at radius 2 is 0.887 bits per heavy atom. The van der Waals surface area contributed by atoms with Crippen molar-refractivity contribution in [2.75, 3.05) is 58.9 Å². The second-order valence-electron chi connectivity index (χ2n) is 24.5. The van der Waals surface area contributed by atoms with Gasteiger partial charge < -0.3 is 62.1 Å². The van der Waals surface area contributed by atoms with Crippen molar-refractivity contribution in [2.24, 2.45) is 0 Å². The molecule has 8 aromatic carbocycles. The van der Waals surface area contributed by atoms with Crippen molar-refractivity contribution in [3.8, 4) is 29.1 Å². The van der Waals surface area contributed by atoms with Crippen LogP contribution in [0.1, 0.15) is 73.0 Å². The maximum Gasteiger partial charge on any atom is 0.333 e. The number of imidazole rings is 2. The number of ether oxygens (including phenoxy) is 8. The summed E-state index contributed by atoms with van der Waals surface area (Å²) in [6.07, 6.45) is -8.46. The minimum absolute atomic E-state index is 0.0428. The summed E-state index contributed by atoms with van der Waals surface area (Å²) < 4.78 is 112. The Labute approximate surface area is 608 Å². The molecule has 24 nitrogen and oxygen atoms in total. The van der Waals surface area contributed by atoms with Gasteiger partial charge in [0, 0.05) is 11.1 Å². The van der Waals surface area contributed by atoms with Crippen LogP contribution in [0.4, 0.5) is 20.4 Å². The van der Waals surface area contributed by atoms with Crippen LogP contribution in [0.15, 0.2) is 244 Å². The van der Waals surface area contributed by atoms with Crippen LogP contribution in [-0.2, 0) is 43.7 Å². The van der Waals surface area contributed by atoms with Gasteiger partial charge >= 0.3 is 8.60 Å². The van der Waals surface area contributed by atoms with Crippen molar-refractivity contribution in [1.82, 2.24) is 39.0 Å². The molecule has 538 valence electrons. The molecule has 106 heavy (non-hydrogen) atoms. The number of anilines is 2. The molecule has 2 fully saturated rings. The lowest BCUT2D eigenvalue weighted by molar-refractivity contribution is -0.105. The fourth-order valence-electron chi connectivity index (χ4n) is 13.2. The largest absolute Gasteiger partial charge is 0.497 e. The summed E-state index contributed by atoms with van der Waals surface area (Å²) in [5, 5.41) is 15.7. The Bertz CT molecular complexity index is 4910. The van der Waals surface area contributed by atoms with Crippen LogP contribution in [-0.4, -0.2) is 136 Å².